The summed E-state index contributed by atoms with van der Waals surface area (Å²) in [5.41, 5.74) is 7.23. The minimum Gasteiger partial charge on any atom is -0.328 e. The lowest BCUT2D eigenvalue weighted by Gasteiger charge is -2.28. The average molecular weight is 558 g/mol. The fourth-order valence-electron chi connectivity index (χ4n) is 3.97. The van der Waals surface area contributed by atoms with E-state index in [0.29, 0.717) is 24.2 Å². The maximum Gasteiger partial charge on any atom is 0.416 e. The molecule has 0 radical (unpaired) electrons. The number of rotatable bonds is 2. The van der Waals surface area contributed by atoms with E-state index >= 15 is 0 Å². The van der Waals surface area contributed by atoms with Crippen molar-refractivity contribution in [2.24, 2.45) is 11.7 Å². The molecule has 10 heteroatoms. The first-order valence-electron chi connectivity index (χ1n) is 9.47. The van der Waals surface area contributed by atoms with Crippen molar-refractivity contribution in [2.75, 3.05) is 5.32 Å². The van der Waals surface area contributed by atoms with Gasteiger partial charge in [0.2, 0.25) is 5.91 Å². The van der Waals surface area contributed by atoms with Crippen molar-refractivity contribution >= 4 is 64.1 Å². The molecule has 170 valence electrons. The van der Waals surface area contributed by atoms with E-state index in [9.17, 15) is 18.0 Å². The minimum absolute atomic E-state index is 0. The topological polar surface area (TPSA) is 55.1 Å². The second kappa shape index (κ2) is 10.3. The van der Waals surface area contributed by atoms with Gasteiger partial charge >= 0.3 is 6.18 Å². The number of hydrogen-bond acceptors (Lipinski definition) is 3. The molecule has 1 saturated carbocycles. The van der Waals surface area contributed by atoms with Crippen molar-refractivity contribution in [3.63, 3.8) is 0 Å². The summed E-state index contributed by atoms with van der Waals surface area (Å²) in [5.74, 6) is -0.503. The van der Waals surface area contributed by atoms with E-state index < -0.39 is 11.7 Å². The van der Waals surface area contributed by atoms with Crippen LogP contribution in [0.3, 0.4) is 0 Å². The van der Waals surface area contributed by atoms with E-state index in [0.717, 1.165) is 39.4 Å². The quantitative estimate of drug-likeness (QED) is 0.363. The van der Waals surface area contributed by atoms with Gasteiger partial charge in [-0.2, -0.15) is 13.2 Å². The second-order valence-electron chi connectivity index (χ2n) is 7.64. The summed E-state index contributed by atoms with van der Waals surface area (Å²) in [6.45, 7) is 0. The van der Waals surface area contributed by atoms with E-state index in [1.807, 2.05) is 18.2 Å². The maximum atomic E-state index is 13.5. The summed E-state index contributed by atoms with van der Waals surface area (Å²) >= 11 is 4.71. The van der Waals surface area contributed by atoms with Crippen LogP contribution in [0.1, 0.15) is 42.4 Å². The first-order valence-corrected chi connectivity index (χ1v) is 11.1. The summed E-state index contributed by atoms with van der Waals surface area (Å²) in [6, 6.07) is 7.98. The van der Waals surface area contributed by atoms with Gasteiger partial charge in [0.15, 0.2) is 0 Å². The zero-order valence-electron chi connectivity index (χ0n) is 16.3. The summed E-state index contributed by atoms with van der Waals surface area (Å²) in [6.07, 6.45) is -0.989. The standard InChI is InChI=1S/C21H20BrF3N2OS.2ClH/c22-14-5-4-11-7-16-17(27-20(28)12-2-1-3-15(26)6-12)8-13(21(23,24)25)9-19(16)29-18(11)10-14;;/h4-5,8-10,12,15H,1-3,6-7,26H2,(H,27,28);2*1H. The third-order valence-electron chi connectivity index (χ3n) is 5.50. The highest BCUT2D eigenvalue weighted by Gasteiger charge is 2.34. The molecule has 1 amide bonds. The molecule has 1 fully saturated rings. The summed E-state index contributed by atoms with van der Waals surface area (Å²) in [4.78, 5) is 14.2. The zero-order valence-corrected chi connectivity index (χ0v) is 20.3. The fraction of sp³-hybridized carbons (Fsp3) is 0.381. The number of carbonyl (C=O) groups is 1. The van der Waals surface area contributed by atoms with Crippen LogP contribution in [0.5, 0.6) is 0 Å². The molecule has 0 bridgehead atoms. The summed E-state index contributed by atoms with van der Waals surface area (Å²) in [5, 5.41) is 2.80. The van der Waals surface area contributed by atoms with Crippen molar-refractivity contribution in [2.45, 2.75) is 54.1 Å². The zero-order chi connectivity index (χ0) is 20.8. The Labute approximate surface area is 204 Å². The smallest absolute Gasteiger partial charge is 0.328 e. The molecule has 1 aliphatic carbocycles. The number of hydrogen-bond donors (Lipinski definition) is 2. The molecule has 4 rings (SSSR count). The van der Waals surface area contributed by atoms with Crippen LogP contribution < -0.4 is 11.1 Å². The third-order valence-corrected chi connectivity index (χ3v) is 7.17. The van der Waals surface area contributed by atoms with E-state index in [2.05, 4.69) is 21.2 Å². The van der Waals surface area contributed by atoms with Crippen LogP contribution in [-0.4, -0.2) is 11.9 Å². The Morgan fingerprint density at radius 2 is 1.87 bits per heavy atom. The van der Waals surface area contributed by atoms with Gasteiger partial charge in [0, 0.05) is 38.3 Å². The first-order chi connectivity index (χ1) is 13.7. The minimum atomic E-state index is -4.49. The van der Waals surface area contributed by atoms with E-state index in [1.54, 1.807) is 0 Å². The Morgan fingerprint density at radius 1 is 1.13 bits per heavy atom. The lowest BCUT2D eigenvalue weighted by molar-refractivity contribution is -0.137. The molecule has 31 heavy (non-hydrogen) atoms. The molecule has 2 aliphatic rings. The Balaban J connectivity index is 0.00000171. The van der Waals surface area contributed by atoms with Gasteiger partial charge in [0.05, 0.1) is 5.56 Å². The first kappa shape index (κ1) is 26.3. The average Bonchev–Trinajstić information content (AvgIpc) is 2.65. The fourth-order valence-corrected chi connectivity index (χ4v) is 5.67. The second-order valence-corrected chi connectivity index (χ2v) is 9.64. The Hall–Kier alpha value is -0.930. The van der Waals surface area contributed by atoms with Crippen LogP contribution in [0.25, 0.3) is 0 Å². The lowest BCUT2D eigenvalue weighted by atomic mass is 9.85. The van der Waals surface area contributed by atoms with Crippen LogP contribution in [0, 0.1) is 5.92 Å². The number of fused-ring (bicyclic) bond motifs is 2. The lowest BCUT2D eigenvalue weighted by Crippen LogP contribution is -2.34. The largest absolute Gasteiger partial charge is 0.416 e. The molecule has 0 spiro atoms. The molecule has 2 unspecified atom stereocenters. The number of halogens is 6. The van der Waals surface area contributed by atoms with Gasteiger partial charge in [-0.15, -0.1) is 24.8 Å². The number of nitrogens with two attached hydrogens (primary N) is 1. The number of alkyl halides is 3. The normalized spacial score (nSPS) is 19.9. The maximum absolute atomic E-state index is 13.5. The highest BCUT2D eigenvalue weighted by molar-refractivity contribution is 9.10. The number of benzene rings is 2. The molecule has 3 nitrogen and oxygen atoms in total. The van der Waals surface area contributed by atoms with Gasteiger partial charge in [0.1, 0.15) is 0 Å². The Morgan fingerprint density at radius 3 is 2.55 bits per heavy atom. The van der Waals surface area contributed by atoms with Crippen LogP contribution in [0.15, 0.2) is 44.6 Å². The Kier molecular flexibility index (Phi) is 8.78. The van der Waals surface area contributed by atoms with Gasteiger partial charge in [-0.1, -0.05) is 40.2 Å². The SMILES string of the molecule is Cl.Cl.NC1CCCC(C(=O)Nc2cc(C(F)(F)F)cc3c2Cc2ccc(Br)cc2S3)C1. The number of nitrogens with one attached hydrogen (secondary N) is 1. The molecule has 2 aromatic carbocycles. The highest BCUT2D eigenvalue weighted by Crippen LogP contribution is 2.46. The number of anilines is 1. The predicted molar refractivity (Wildman–Crippen MR) is 126 cm³/mol. The van der Waals surface area contributed by atoms with Gasteiger partial charge in [-0.05, 0) is 54.7 Å². The van der Waals surface area contributed by atoms with Crippen molar-refractivity contribution < 1.29 is 18.0 Å². The van der Waals surface area contributed by atoms with Crippen LogP contribution in [-0.2, 0) is 17.4 Å². The third kappa shape index (κ3) is 5.90. The molecule has 2 aromatic rings. The molecule has 3 N–H and O–H groups in total. The molecule has 0 aromatic heterocycles. The monoisotopic (exact) mass is 556 g/mol. The summed E-state index contributed by atoms with van der Waals surface area (Å²) < 4.78 is 41.4. The van der Waals surface area contributed by atoms with Gasteiger partial charge in [-0.3, -0.25) is 4.79 Å². The van der Waals surface area contributed by atoms with Crippen molar-refractivity contribution in [1.29, 1.82) is 0 Å². The molecular formula is C21H22BrCl2F3N2OS. The van der Waals surface area contributed by atoms with E-state index in [-0.39, 0.29) is 48.4 Å². The number of carbonyl (C=O) groups excluding carboxylic acids is 1. The van der Waals surface area contributed by atoms with E-state index in [4.69, 9.17) is 5.73 Å². The van der Waals surface area contributed by atoms with E-state index in [1.165, 1.54) is 17.8 Å². The molecular weight excluding hydrogens is 536 g/mol. The number of amides is 1. The molecule has 0 saturated heterocycles. The van der Waals surface area contributed by atoms with Gasteiger partial charge < -0.3 is 11.1 Å². The van der Waals surface area contributed by atoms with Crippen LogP contribution in [0.4, 0.5) is 18.9 Å². The summed E-state index contributed by atoms with van der Waals surface area (Å²) in [7, 11) is 0. The molecule has 1 aliphatic heterocycles. The van der Waals surface area contributed by atoms with Crippen molar-refractivity contribution in [3.05, 3.63) is 51.5 Å². The molecule has 2 atom stereocenters. The van der Waals surface area contributed by atoms with Gasteiger partial charge in [0.25, 0.3) is 0 Å². The van der Waals surface area contributed by atoms with Crippen LogP contribution >= 0.6 is 52.5 Å². The highest BCUT2D eigenvalue weighted by atomic mass is 79.9. The van der Waals surface area contributed by atoms with Crippen molar-refractivity contribution in [1.82, 2.24) is 0 Å². The Bertz CT molecular complexity index is 974. The van der Waals surface area contributed by atoms with Gasteiger partial charge in [-0.25, -0.2) is 0 Å². The molecule has 1 heterocycles. The van der Waals surface area contributed by atoms with Crippen molar-refractivity contribution in [3.8, 4) is 0 Å². The predicted octanol–water partition coefficient (Wildman–Crippen LogP) is 6.82. The van der Waals surface area contributed by atoms with Crippen LogP contribution in [0.2, 0.25) is 0 Å².